The van der Waals surface area contributed by atoms with Gasteiger partial charge in [-0.3, -0.25) is 10.1 Å². The monoisotopic (exact) mass is 272 g/mol. The maximum Gasteiger partial charge on any atom is 0.311 e. The number of nitrogens with one attached hydrogen (secondary N) is 1. The van der Waals surface area contributed by atoms with Gasteiger partial charge in [0, 0.05) is 12.6 Å². The van der Waals surface area contributed by atoms with E-state index in [1.807, 2.05) is 13.0 Å². The largest absolute Gasteiger partial charge is 0.482 e. The number of nitrogens with zero attached hydrogens (tertiary/aromatic N) is 1. The number of hydrogen-bond acceptors (Lipinski definition) is 4. The Kier molecular flexibility index (Phi) is 5.37. The lowest BCUT2D eigenvalue weighted by molar-refractivity contribution is -0.386. The first-order chi connectivity index (χ1) is 8.16. The third kappa shape index (κ3) is 3.58. The van der Waals surface area contributed by atoms with E-state index in [9.17, 15) is 10.1 Å². The third-order valence-electron chi connectivity index (χ3n) is 2.86. The minimum Gasteiger partial charge on any atom is -0.482 e. The fourth-order valence-electron chi connectivity index (χ4n) is 1.97. The highest BCUT2D eigenvalue weighted by molar-refractivity contribution is 5.85. The van der Waals surface area contributed by atoms with Crippen LogP contribution in [0.5, 0.6) is 5.75 Å². The van der Waals surface area contributed by atoms with Gasteiger partial charge < -0.3 is 10.1 Å². The van der Waals surface area contributed by atoms with Crippen molar-refractivity contribution in [1.82, 2.24) is 5.32 Å². The molecule has 0 bridgehead atoms. The molecule has 1 heterocycles. The second kappa shape index (κ2) is 6.56. The molecule has 6 heteroatoms. The van der Waals surface area contributed by atoms with Crippen molar-refractivity contribution in [3.05, 3.63) is 33.9 Å². The molecule has 1 saturated heterocycles. The number of nitro benzene ring substituents is 1. The van der Waals surface area contributed by atoms with E-state index in [0.29, 0.717) is 5.75 Å². The highest BCUT2D eigenvalue weighted by Crippen LogP contribution is 2.29. The average Bonchev–Trinajstić information content (AvgIpc) is 2.32. The van der Waals surface area contributed by atoms with E-state index in [4.69, 9.17) is 4.74 Å². The molecular formula is C12H17ClN2O3. The number of aryl methyl sites for hydroxylation is 1. The van der Waals surface area contributed by atoms with E-state index in [1.54, 1.807) is 12.1 Å². The maximum absolute atomic E-state index is 10.9. The second-order valence-corrected chi connectivity index (χ2v) is 4.31. The fraction of sp³-hybridized carbons (Fsp3) is 0.500. The number of ether oxygens (including phenoxy) is 1. The molecule has 1 fully saturated rings. The molecule has 1 unspecified atom stereocenters. The summed E-state index contributed by atoms with van der Waals surface area (Å²) < 4.78 is 5.70. The predicted octanol–water partition coefficient (Wildman–Crippen LogP) is 2.46. The molecule has 1 aliphatic rings. The van der Waals surface area contributed by atoms with Crippen LogP contribution in [0.3, 0.4) is 0 Å². The van der Waals surface area contributed by atoms with Crippen LogP contribution in [0.4, 0.5) is 5.69 Å². The van der Waals surface area contributed by atoms with Gasteiger partial charge in [0.05, 0.1) is 4.92 Å². The van der Waals surface area contributed by atoms with Crippen molar-refractivity contribution >= 4 is 18.1 Å². The van der Waals surface area contributed by atoms with Gasteiger partial charge >= 0.3 is 5.69 Å². The summed E-state index contributed by atoms with van der Waals surface area (Å²) in [5.74, 6) is 0.370. The zero-order valence-electron chi connectivity index (χ0n) is 10.2. The van der Waals surface area contributed by atoms with Crippen molar-refractivity contribution < 1.29 is 9.66 Å². The molecule has 1 N–H and O–H groups in total. The smallest absolute Gasteiger partial charge is 0.311 e. The molecule has 0 aliphatic carbocycles. The van der Waals surface area contributed by atoms with Crippen LogP contribution in [0.15, 0.2) is 18.2 Å². The van der Waals surface area contributed by atoms with Crippen molar-refractivity contribution in [3.63, 3.8) is 0 Å². The first kappa shape index (κ1) is 14.7. The van der Waals surface area contributed by atoms with Crippen LogP contribution in [0.2, 0.25) is 0 Å². The van der Waals surface area contributed by atoms with Crippen molar-refractivity contribution in [2.45, 2.75) is 25.9 Å². The summed E-state index contributed by atoms with van der Waals surface area (Å²) >= 11 is 0. The first-order valence-electron chi connectivity index (χ1n) is 5.79. The van der Waals surface area contributed by atoms with E-state index in [0.717, 1.165) is 31.5 Å². The van der Waals surface area contributed by atoms with Gasteiger partial charge in [0.15, 0.2) is 5.75 Å². The summed E-state index contributed by atoms with van der Waals surface area (Å²) in [6.45, 7) is 3.58. The molecule has 18 heavy (non-hydrogen) atoms. The molecule has 0 spiro atoms. The van der Waals surface area contributed by atoms with Gasteiger partial charge in [-0.05, 0) is 37.9 Å². The summed E-state index contributed by atoms with van der Waals surface area (Å²) in [5.41, 5.74) is 0.918. The fourth-order valence-corrected chi connectivity index (χ4v) is 1.97. The van der Waals surface area contributed by atoms with Gasteiger partial charge in [0.25, 0.3) is 0 Å². The lowest BCUT2D eigenvalue weighted by Gasteiger charge is -2.23. The van der Waals surface area contributed by atoms with Crippen LogP contribution >= 0.6 is 12.4 Å². The molecule has 0 saturated carbocycles. The Labute approximate surface area is 112 Å². The Bertz CT molecular complexity index is 420. The van der Waals surface area contributed by atoms with Crippen molar-refractivity contribution in [1.29, 1.82) is 0 Å². The number of halogens is 1. The number of hydrogen-bond donors (Lipinski definition) is 1. The molecule has 0 amide bonds. The van der Waals surface area contributed by atoms with Crippen LogP contribution in [-0.4, -0.2) is 24.1 Å². The molecular weight excluding hydrogens is 256 g/mol. The van der Waals surface area contributed by atoms with Crippen LogP contribution in [0.25, 0.3) is 0 Å². The molecule has 5 nitrogen and oxygen atoms in total. The van der Waals surface area contributed by atoms with Crippen molar-refractivity contribution in [2.75, 3.05) is 13.1 Å². The van der Waals surface area contributed by atoms with E-state index in [1.165, 1.54) is 0 Å². The molecule has 2 rings (SSSR count). The quantitative estimate of drug-likeness (QED) is 0.678. The molecule has 1 aromatic carbocycles. The van der Waals surface area contributed by atoms with Gasteiger partial charge in [0.1, 0.15) is 6.10 Å². The minimum atomic E-state index is -0.390. The normalized spacial score (nSPS) is 18.8. The van der Waals surface area contributed by atoms with Crippen molar-refractivity contribution in [3.8, 4) is 5.75 Å². The molecule has 100 valence electrons. The van der Waals surface area contributed by atoms with E-state index < -0.39 is 4.92 Å². The van der Waals surface area contributed by atoms with Gasteiger partial charge in [-0.1, -0.05) is 6.07 Å². The predicted molar refractivity (Wildman–Crippen MR) is 71.6 cm³/mol. The third-order valence-corrected chi connectivity index (χ3v) is 2.86. The van der Waals surface area contributed by atoms with Crippen LogP contribution in [0, 0.1) is 17.0 Å². The Morgan fingerprint density at radius 1 is 1.50 bits per heavy atom. The topological polar surface area (TPSA) is 64.4 Å². The summed E-state index contributed by atoms with van der Waals surface area (Å²) in [4.78, 5) is 10.5. The zero-order chi connectivity index (χ0) is 12.3. The second-order valence-electron chi connectivity index (χ2n) is 4.31. The van der Waals surface area contributed by atoms with Crippen LogP contribution < -0.4 is 10.1 Å². The Hall–Kier alpha value is -1.33. The molecule has 1 aromatic rings. The van der Waals surface area contributed by atoms with Crippen LogP contribution in [0.1, 0.15) is 18.4 Å². The summed E-state index contributed by atoms with van der Waals surface area (Å²) in [7, 11) is 0. The maximum atomic E-state index is 10.9. The summed E-state index contributed by atoms with van der Waals surface area (Å²) in [6, 6.07) is 5.06. The molecule has 1 atom stereocenters. The van der Waals surface area contributed by atoms with E-state index in [2.05, 4.69) is 5.32 Å². The van der Waals surface area contributed by atoms with Gasteiger partial charge in [0.2, 0.25) is 0 Å². The Morgan fingerprint density at radius 3 is 2.89 bits per heavy atom. The lowest BCUT2D eigenvalue weighted by Crippen LogP contribution is -2.37. The van der Waals surface area contributed by atoms with E-state index in [-0.39, 0.29) is 24.2 Å². The Morgan fingerprint density at radius 2 is 2.28 bits per heavy atom. The summed E-state index contributed by atoms with van der Waals surface area (Å²) in [5, 5.41) is 14.1. The van der Waals surface area contributed by atoms with Gasteiger partial charge in [-0.15, -0.1) is 12.4 Å². The Balaban J connectivity index is 0.00000162. The number of piperidine rings is 1. The SMILES string of the molecule is Cc1ccc(OC2CCCNC2)c([N+](=O)[O-])c1.Cl. The molecule has 0 radical (unpaired) electrons. The average molecular weight is 273 g/mol. The number of nitro groups is 1. The minimum absolute atomic E-state index is 0. The van der Waals surface area contributed by atoms with Gasteiger partial charge in [-0.25, -0.2) is 0 Å². The molecule has 1 aliphatic heterocycles. The van der Waals surface area contributed by atoms with Crippen molar-refractivity contribution in [2.24, 2.45) is 0 Å². The zero-order valence-corrected chi connectivity index (χ0v) is 11.0. The lowest BCUT2D eigenvalue weighted by atomic mass is 10.1. The van der Waals surface area contributed by atoms with Gasteiger partial charge in [-0.2, -0.15) is 0 Å². The standard InChI is InChI=1S/C12H16N2O3.ClH/c1-9-4-5-12(11(7-9)14(15)16)17-10-3-2-6-13-8-10;/h4-5,7,10,13H,2-3,6,8H2,1H3;1H. The highest BCUT2D eigenvalue weighted by atomic mass is 35.5. The molecule has 0 aromatic heterocycles. The van der Waals surface area contributed by atoms with Crippen LogP contribution in [-0.2, 0) is 0 Å². The van der Waals surface area contributed by atoms with E-state index >= 15 is 0 Å². The number of rotatable bonds is 3. The highest BCUT2D eigenvalue weighted by Gasteiger charge is 2.20. The first-order valence-corrected chi connectivity index (χ1v) is 5.79. The number of benzene rings is 1. The summed E-state index contributed by atoms with van der Waals surface area (Å²) in [6.07, 6.45) is 2.02.